The monoisotopic (exact) mass is 190 g/mol. The number of carbonyl (C=O) groups excluding carboxylic acids is 1. The van der Waals surface area contributed by atoms with Crippen LogP contribution in [0.5, 0.6) is 0 Å². The second kappa shape index (κ2) is 4.33. The van der Waals surface area contributed by atoms with Crippen molar-refractivity contribution in [3.8, 4) is 0 Å². The molecule has 11 heavy (non-hydrogen) atoms. The van der Waals surface area contributed by atoms with E-state index in [0.29, 0.717) is 0 Å². The van der Waals surface area contributed by atoms with Gasteiger partial charge in [0, 0.05) is 0 Å². The van der Waals surface area contributed by atoms with E-state index in [2.05, 4.69) is 0 Å². The van der Waals surface area contributed by atoms with E-state index in [4.69, 9.17) is 11.6 Å². The van der Waals surface area contributed by atoms with Crippen LogP contribution in [-0.4, -0.2) is 17.8 Å². The average molecular weight is 191 g/mol. The highest BCUT2D eigenvalue weighted by atomic mass is 35.5. The quantitative estimate of drug-likeness (QED) is 0.289. The first kappa shape index (κ1) is 10.4. The third-order valence-corrected chi connectivity index (χ3v) is 1.05. The van der Waals surface area contributed by atoms with Crippen LogP contribution in [0.15, 0.2) is 11.9 Å². The molecule has 0 aromatic heterocycles. The molecule has 0 radical (unpaired) electrons. The standard InChI is InChI=1S/C5H3ClF4O/c6-2(4(8)9)1-3(7)5(10)11/h1-2,4H. The average Bonchev–Trinajstić information content (AvgIpc) is 1.87. The van der Waals surface area contributed by atoms with Gasteiger partial charge in [-0.3, -0.25) is 4.79 Å². The summed E-state index contributed by atoms with van der Waals surface area (Å²) in [5.74, 6) is -1.90. The number of alkyl halides is 3. The van der Waals surface area contributed by atoms with E-state index in [9.17, 15) is 22.4 Å². The maximum atomic E-state index is 11.9. The molecule has 0 aliphatic carbocycles. The molecule has 0 rings (SSSR count). The number of hydrogen-bond donors (Lipinski definition) is 0. The molecule has 0 saturated carbocycles. The number of carbonyl (C=O) groups is 1. The van der Waals surface area contributed by atoms with Gasteiger partial charge < -0.3 is 0 Å². The van der Waals surface area contributed by atoms with Crippen molar-refractivity contribution >= 4 is 17.6 Å². The summed E-state index contributed by atoms with van der Waals surface area (Å²) in [7, 11) is 0. The highest BCUT2D eigenvalue weighted by molar-refractivity contribution is 6.22. The molecule has 6 heteroatoms. The SMILES string of the molecule is O=C(F)C(F)=CC(Cl)C(F)F. The van der Waals surface area contributed by atoms with Crippen molar-refractivity contribution in [1.82, 2.24) is 0 Å². The zero-order valence-corrected chi connectivity index (χ0v) is 5.79. The maximum absolute atomic E-state index is 11.9. The molecule has 0 amide bonds. The second-order valence-electron chi connectivity index (χ2n) is 1.57. The van der Waals surface area contributed by atoms with Crippen molar-refractivity contribution in [3.05, 3.63) is 11.9 Å². The van der Waals surface area contributed by atoms with Crippen molar-refractivity contribution in [2.75, 3.05) is 0 Å². The van der Waals surface area contributed by atoms with Crippen LogP contribution in [0.25, 0.3) is 0 Å². The molecule has 0 heterocycles. The van der Waals surface area contributed by atoms with Crippen LogP contribution >= 0.6 is 11.6 Å². The predicted octanol–water partition coefficient (Wildman–Crippen LogP) is 2.21. The Morgan fingerprint density at radius 1 is 1.36 bits per heavy atom. The smallest absolute Gasteiger partial charge is 0.253 e. The van der Waals surface area contributed by atoms with Gasteiger partial charge >= 0.3 is 6.04 Å². The Balaban J connectivity index is 4.19. The first-order valence-electron chi connectivity index (χ1n) is 2.44. The summed E-state index contributed by atoms with van der Waals surface area (Å²) in [6, 6.07) is -2.41. The number of hydrogen-bond acceptors (Lipinski definition) is 1. The van der Waals surface area contributed by atoms with Gasteiger partial charge in [-0.25, -0.2) is 13.2 Å². The molecule has 0 aliphatic rings. The fourth-order valence-corrected chi connectivity index (χ4v) is 0.389. The van der Waals surface area contributed by atoms with Gasteiger partial charge in [-0.05, 0) is 6.08 Å². The fourth-order valence-electron chi connectivity index (χ4n) is 0.278. The minimum absolute atomic E-state index is 0.0224. The summed E-state index contributed by atoms with van der Waals surface area (Å²) >= 11 is 4.77. The highest BCUT2D eigenvalue weighted by Gasteiger charge is 2.17. The molecular formula is C5H3ClF4O. The van der Waals surface area contributed by atoms with Gasteiger partial charge in [0.05, 0.1) is 0 Å². The first-order chi connectivity index (χ1) is 4.95. The lowest BCUT2D eigenvalue weighted by Crippen LogP contribution is -2.08. The van der Waals surface area contributed by atoms with Crippen molar-refractivity contribution in [2.45, 2.75) is 11.8 Å². The molecule has 0 aromatic carbocycles. The van der Waals surface area contributed by atoms with E-state index in [-0.39, 0.29) is 6.08 Å². The van der Waals surface area contributed by atoms with E-state index < -0.39 is 23.7 Å². The topological polar surface area (TPSA) is 17.1 Å². The Hall–Kier alpha value is -0.580. The predicted molar refractivity (Wildman–Crippen MR) is 31.0 cm³/mol. The molecule has 1 unspecified atom stereocenters. The normalized spacial score (nSPS) is 15.3. The molecule has 0 saturated heterocycles. The molecule has 1 atom stereocenters. The van der Waals surface area contributed by atoms with Crippen LogP contribution in [0.3, 0.4) is 0 Å². The molecule has 0 aliphatic heterocycles. The largest absolute Gasteiger partial charge is 0.360 e. The van der Waals surface area contributed by atoms with Gasteiger partial charge in [0.2, 0.25) is 0 Å². The zero-order chi connectivity index (χ0) is 9.02. The van der Waals surface area contributed by atoms with E-state index in [1.165, 1.54) is 0 Å². The summed E-state index contributed by atoms with van der Waals surface area (Å²) in [5, 5.41) is -1.98. The Bertz CT molecular complexity index is 179. The Morgan fingerprint density at radius 2 is 1.82 bits per heavy atom. The summed E-state index contributed by atoms with van der Waals surface area (Å²) < 4.78 is 46.1. The Morgan fingerprint density at radius 3 is 2.09 bits per heavy atom. The van der Waals surface area contributed by atoms with E-state index >= 15 is 0 Å². The van der Waals surface area contributed by atoms with Crippen LogP contribution in [0.1, 0.15) is 0 Å². The number of halogens is 5. The van der Waals surface area contributed by atoms with Gasteiger partial charge in [-0.15, -0.1) is 11.6 Å². The lowest BCUT2D eigenvalue weighted by molar-refractivity contribution is -0.126. The second-order valence-corrected chi connectivity index (χ2v) is 2.07. The third kappa shape index (κ3) is 3.98. The van der Waals surface area contributed by atoms with Gasteiger partial charge in [0.15, 0.2) is 5.83 Å². The molecule has 0 fully saturated rings. The van der Waals surface area contributed by atoms with E-state index in [1.807, 2.05) is 0 Å². The molecule has 0 aromatic rings. The lowest BCUT2D eigenvalue weighted by Gasteiger charge is -1.99. The van der Waals surface area contributed by atoms with Gasteiger partial charge in [0.25, 0.3) is 6.43 Å². The molecule has 1 nitrogen and oxygen atoms in total. The molecule has 0 bridgehead atoms. The lowest BCUT2D eigenvalue weighted by atomic mass is 10.3. The minimum atomic E-state index is -3.03. The first-order valence-corrected chi connectivity index (χ1v) is 2.88. The maximum Gasteiger partial charge on any atom is 0.360 e. The minimum Gasteiger partial charge on any atom is -0.253 e. The van der Waals surface area contributed by atoms with Crippen LogP contribution in [0, 0.1) is 0 Å². The van der Waals surface area contributed by atoms with Gasteiger partial charge in [0.1, 0.15) is 5.38 Å². The van der Waals surface area contributed by atoms with Crippen molar-refractivity contribution in [1.29, 1.82) is 0 Å². The van der Waals surface area contributed by atoms with Crippen molar-refractivity contribution < 1.29 is 22.4 Å². The molecule has 0 spiro atoms. The van der Waals surface area contributed by atoms with Crippen LogP contribution in [0.2, 0.25) is 0 Å². The van der Waals surface area contributed by atoms with Gasteiger partial charge in [-0.2, -0.15) is 4.39 Å². The number of rotatable bonds is 3. The van der Waals surface area contributed by atoms with Crippen LogP contribution < -0.4 is 0 Å². The zero-order valence-electron chi connectivity index (χ0n) is 5.03. The molecule has 0 N–H and O–H groups in total. The summed E-state index contributed by atoms with van der Waals surface area (Å²) in [6.07, 6.45) is -3.00. The third-order valence-electron chi connectivity index (χ3n) is 0.734. The van der Waals surface area contributed by atoms with Gasteiger partial charge in [-0.1, -0.05) is 0 Å². The summed E-state index contributed by atoms with van der Waals surface area (Å²) in [5.41, 5.74) is 0. The van der Waals surface area contributed by atoms with Crippen molar-refractivity contribution in [2.24, 2.45) is 0 Å². The van der Waals surface area contributed by atoms with Crippen molar-refractivity contribution in [3.63, 3.8) is 0 Å². The Kier molecular flexibility index (Phi) is 4.10. The molecule has 64 valence electrons. The highest BCUT2D eigenvalue weighted by Crippen LogP contribution is 2.13. The van der Waals surface area contributed by atoms with E-state index in [0.717, 1.165) is 0 Å². The summed E-state index contributed by atoms with van der Waals surface area (Å²) in [4.78, 5) is 9.49. The van der Waals surface area contributed by atoms with Crippen LogP contribution in [0.4, 0.5) is 17.6 Å². The molecular weight excluding hydrogens is 187 g/mol. The summed E-state index contributed by atoms with van der Waals surface area (Å²) in [6.45, 7) is 0. The number of allylic oxidation sites excluding steroid dienone is 2. The fraction of sp³-hybridized carbons (Fsp3) is 0.400. The Labute approximate surface area is 64.6 Å². The van der Waals surface area contributed by atoms with Crippen LogP contribution in [-0.2, 0) is 4.79 Å². The van der Waals surface area contributed by atoms with E-state index in [1.54, 1.807) is 0 Å².